The molecule has 1 unspecified atom stereocenters. The van der Waals surface area contributed by atoms with Gasteiger partial charge in [0, 0.05) is 30.4 Å². The van der Waals surface area contributed by atoms with Crippen LogP contribution in [0.25, 0.3) is 16.6 Å². The van der Waals surface area contributed by atoms with Gasteiger partial charge in [0.1, 0.15) is 5.76 Å². The first-order valence-electron chi connectivity index (χ1n) is 12.1. The normalized spacial score (nSPS) is 21.5. The molecule has 4 heterocycles. The van der Waals surface area contributed by atoms with Crippen LogP contribution in [0.4, 0.5) is 0 Å². The average Bonchev–Trinajstić information content (AvgIpc) is 3.16. The highest BCUT2D eigenvalue weighted by Gasteiger charge is 2.39. The molecule has 0 bridgehead atoms. The molecule has 5 nitrogen and oxygen atoms in total. The average molecular weight is 446 g/mol. The van der Waals surface area contributed by atoms with E-state index in [1.54, 1.807) is 0 Å². The molecule has 1 fully saturated rings. The maximum absolute atomic E-state index is 10.2. The molecule has 3 aliphatic rings. The zero-order valence-corrected chi connectivity index (χ0v) is 20.1. The molecule has 3 aliphatic heterocycles. The quantitative estimate of drug-likeness (QED) is 0.587. The molecule has 1 aromatic heterocycles. The summed E-state index contributed by atoms with van der Waals surface area (Å²) in [5.41, 5.74) is 6.16. The van der Waals surface area contributed by atoms with Crippen molar-refractivity contribution in [2.45, 2.75) is 59.0 Å². The van der Waals surface area contributed by atoms with Crippen LogP contribution in [-0.2, 0) is 17.7 Å². The van der Waals surface area contributed by atoms with Gasteiger partial charge in [-0.15, -0.1) is 0 Å². The van der Waals surface area contributed by atoms with E-state index in [1.165, 1.54) is 17.4 Å². The van der Waals surface area contributed by atoms with Gasteiger partial charge in [0.15, 0.2) is 0 Å². The number of aryl methyl sites for hydroxylation is 1. The first kappa shape index (κ1) is 22.0. The van der Waals surface area contributed by atoms with Crippen molar-refractivity contribution in [3.05, 3.63) is 71.8 Å². The molecule has 5 heteroatoms. The molecule has 0 saturated carbocycles. The van der Waals surface area contributed by atoms with E-state index in [2.05, 4.69) is 67.8 Å². The van der Waals surface area contributed by atoms with Crippen molar-refractivity contribution in [3.63, 3.8) is 0 Å². The Hall–Kier alpha value is -2.79. The standard InChI is InChI=1S/C28H35N3O2/c1-18-15-24-27-22-8-6-7-21(10-9-20-11-13-33-14-12-20)26(22)29-31(27)17-25(28(3,4)5)30(24)16-23(18)19(2)32/h6-8,15-16,20,25,32H,1-2,9-14,17H2,3-5H3. The fourth-order valence-electron chi connectivity index (χ4n) is 5.47. The second-order valence-corrected chi connectivity index (χ2v) is 10.8. The van der Waals surface area contributed by atoms with Crippen LogP contribution < -0.4 is 0 Å². The molecule has 5 rings (SSSR count). The summed E-state index contributed by atoms with van der Waals surface area (Å²) in [6, 6.07) is 6.79. The zero-order chi connectivity index (χ0) is 23.3. The Bertz CT molecular complexity index is 1170. The number of aliphatic hydroxyl groups is 1. The second kappa shape index (κ2) is 8.21. The lowest BCUT2D eigenvalue weighted by Crippen LogP contribution is -2.47. The van der Waals surface area contributed by atoms with Gasteiger partial charge in [-0.25, -0.2) is 0 Å². The minimum absolute atomic E-state index is 0.0118. The number of aromatic nitrogens is 2. The van der Waals surface area contributed by atoms with Gasteiger partial charge < -0.3 is 14.7 Å². The Balaban J connectivity index is 1.57. The van der Waals surface area contributed by atoms with Crippen LogP contribution >= 0.6 is 0 Å². The number of hydrogen-bond donors (Lipinski definition) is 1. The van der Waals surface area contributed by atoms with Crippen LogP contribution in [0.1, 0.15) is 51.3 Å². The Morgan fingerprint density at radius 3 is 2.70 bits per heavy atom. The molecule has 0 radical (unpaired) electrons. The minimum Gasteiger partial charge on any atom is -0.508 e. The first-order chi connectivity index (χ1) is 15.7. The fourth-order valence-corrected chi connectivity index (χ4v) is 5.47. The van der Waals surface area contributed by atoms with Crippen molar-refractivity contribution in [1.82, 2.24) is 14.7 Å². The molecule has 2 aromatic rings. The van der Waals surface area contributed by atoms with Gasteiger partial charge in [0.25, 0.3) is 0 Å². The number of allylic oxidation sites excluding steroid dienone is 2. The van der Waals surface area contributed by atoms with Gasteiger partial charge >= 0.3 is 0 Å². The summed E-state index contributed by atoms with van der Waals surface area (Å²) in [6.45, 7) is 17.3. The Morgan fingerprint density at radius 1 is 1.24 bits per heavy atom. The molecule has 33 heavy (non-hydrogen) atoms. The van der Waals surface area contributed by atoms with Crippen molar-refractivity contribution in [2.75, 3.05) is 13.2 Å². The third-order valence-corrected chi connectivity index (χ3v) is 7.45. The molecule has 0 spiro atoms. The summed E-state index contributed by atoms with van der Waals surface area (Å²) in [5, 5.41) is 16.5. The van der Waals surface area contributed by atoms with Crippen molar-refractivity contribution >= 4 is 16.6 Å². The van der Waals surface area contributed by atoms with Crippen LogP contribution in [0.5, 0.6) is 0 Å². The van der Waals surface area contributed by atoms with E-state index in [9.17, 15) is 5.11 Å². The van der Waals surface area contributed by atoms with Crippen LogP contribution in [0.3, 0.4) is 0 Å². The third kappa shape index (κ3) is 3.93. The van der Waals surface area contributed by atoms with E-state index in [0.717, 1.165) is 67.4 Å². The third-order valence-electron chi connectivity index (χ3n) is 7.45. The van der Waals surface area contributed by atoms with Gasteiger partial charge in [0.05, 0.1) is 29.5 Å². The maximum atomic E-state index is 10.2. The summed E-state index contributed by atoms with van der Waals surface area (Å²) in [4.78, 5) is 2.30. The zero-order valence-electron chi connectivity index (χ0n) is 20.1. The Labute approximate surface area is 196 Å². The molecular formula is C28H35N3O2. The highest BCUT2D eigenvalue weighted by atomic mass is 16.5. The number of fused-ring (bicyclic) bond motifs is 5. The van der Waals surface area contributed by atoms with Gasteiger partial charge in [0.2, 0.25) is 0 Å². The number of aliphatic hydroxyl groups excluding tert-OH is 1. The number of hydrogen-bond acceptors (Lipinski definition) is 4. The summed E-state index contributed by atoms with van der Waals surface area (Å²) in [7, 11) is 0. The van der Waals surface area contributed by atoms with E-state index in [0.29, 0.717) is 5.57 Å². The second-order valence-electron chi connectivity index (χ2n) is 10.8. The monoisotopic (exact) mass is 445 g/mol. The van der Waals surface area contributed by atoms with Crippen molar-refractivity contribution in [1.29, 1.82) is 0 Å². The van der Waals surface area contributed by atoms with Crippen LogP contribution in [0.15, 0.2) is 60.5 Å². The lowest BCUT2D eigenvalue weighted by molar-refractivity contribution is 0.0640. The number of nitrogens with zero attached hydrogens (tertiary/aromatic N) is 3. The molecule has 0 aliphatic carbocycles. The SMILES string of the molecule is C=C(O)C1=CN2C(=CC1=C)c1c3cccc(CCC4CCOCC4)c3nn1CC2C(C)(C)C. The van der Waals surface area contributed by atoms with Crippen LogP contribution in [0.2, 0.25) is 0 Å². The molecule has 1 saturated heterocycles. The van der Waals surface area contributed by atoms with Crippen LogP contribution in [0, 0.1) is 11.3 Å². The fraction of sp³-hybridized carbons (Fsp3) is 0.464. The highest BCUT2D eigenvalue weighted by Crippen LogP contribution is 2.43. The number of rotatable bonds is 4. The first-order valence-corrected chi connectivity index (χ1v) is 12.1. The highest BCUT2D eigenvalue weighted by molar-refractivity contribution is 5.94. The largest absolute Gasteiger partial charge is 0.508 e. The van der Waals surface area contributed by atoms with Gasteiger partial charge in [-0.2, -0.15) is 5.10 Å². The molecule has 1 atom stereocenters. The van der Waals surface area contributed by atoms with Crippen molar-refractivity contribution in [2.24, 2.45) is 11.3 Å². The minimum atomic E-state index is 0.0118. The summed E-state index contributed by atoms with van der Waals surface area (Å²) >= 11 is 0. The van der Waals surface area contributed by atoms with Gasteiger partial charge in [-0.3, -0.25) is 4.68 Å². The van der Waals surface area contributed by atoms with E-state index in [-0.39, 0.29) is 17.2 Å². The van der Waals surface area contributed by atoms with E-state index < -0.39 is 0 Å². The van der Waals surface area contributed by atoms with Crippen molar-refractivity contribution < 1.29 is 9.84 Å². The van der Waals surface area contributed by atoms with E-state index in [4.69, 9.17) is 9.84 Å². The smallest absolute Gasteiger partial charge is 0.117 e. The molecule has 0 amide bonds. The molecule has 174 valence electrons. The number of benzene rings is 1. The maximum Gasteiger partial charge on any atom is 0.117 e. The number of ether oxygens (including phenoxy) is 1. The van der Waals surface area contributed by atoms with Crippen LogP contribution in [-0.4, -0.2) is 39.0 Å². The van der Waals surface area contributed by atoms with Gasteiger partial charge in [-0.05, 0) is 54.2 Å². The Kier molecular flexibility index (Phi) is 5.48. The Morgan fingerprint density at radius 2 is 2.00 bits per heavy atom. The molecule has 1 N–H and O–H groups in total. The summed E-state index contributed by atoms with van der Waals surface area (Å²) < 4.78 is 7.73. The van der Waals surface area contributed by atoms with E-state index in [1.807, 2.05) is 6.20 Å². The summed E-state index contributed by atoms with van der Waals surface area (Å²) in [6.07, 6.45) is 8.66. The lowest BCUT2D eigenvalue weighted by atomic mass is 9.82. The molecule has 1 aromatic carbocycles. The van der Waals surface area contributed by atoms with Crippen molar-refractivity contribution in [3.8, 4) is 0 Å². The summed E-state index contributed by atoms with van der Waals surface area (Å²) in [5.74, 6) is 0.800. The predicted octanol–water partition coefficient (Wildman–Crippen LogP) is 5.99. The lowest BCUT2D eigenvalue weighted by Gasteiger charge is -2.46. The van der Waals surface area contributed by atoms with E-state index >= 15 is 0 Å². The van der Waals surface area contributed by atoms with Gasteiger partial charge in [-0.1, -0.05) is 52.1 Å². The topological polar surface area (TPSA) is 50.5 Å². The predicted molar refractivity (Wildman–Crippen MR) is 134 cm³/mol. The molecular weight excluding hydrogens is 410 g/mol.